The van der Waals surface area contributed by atoms with Gasteiger partial charge in [-0.15, -0.1) is 0 Å². The minimum Gasteiger partial charge on any atom is -0.497 e. The summed E-state index contributed by atoms with van der Waals surface area (Å²) in [5.41, 5.74) is 0. The van der Waals surface area contributed by atoms with Crippen molar-refractivity contribution in [2.24, 2.45) is 5.92 Å². The summed E-state index contributed by atoms with van der Waals surface area (Å²) in [6.07, 6.45) is 1.78. The van der Waals surface area contributed by atoms with E-state index in [1.807, 2.05) is 0 Å². The van der Waals surface area contributed by atoms with Crippen LogP contribution in [0.3, 0.4) is 0 Å². The van der Waals surface area contributed by atoms with Crippen molar-refractivity contribution in [2.45, 2.75) is 23.8 Å². The van der Waals surface area contributed by atoms with Crippen molar-refractivity contribution in [3.05, 3.63) is 23.2 Å². The number of rotatable bonds is 6. The van der Waals surface area contributed by atoms with Crippen molar-refractivity contribution in [3.63, 3.8) is 0 Å². The maximum absolute atomic E-state index is 12.4. The highest BCUT2D eigenvalue weighted by Crippen LogP contribution is 2.31. The van der Waals surface area contributed by atoms with Crippen molar-refractivity contribution in [3.8, 4) is 5.75 Å². The van der Waals surface area contributed by atoms with E-state index in [0.717, 1.165) is 12.8 Å². The molecule has 0 bridgehead atoms. The molecule has 1 aliphatic carbocycles. The van der Waals surface area contributed by atoms with Crippen LogP contribution in [0.15, 0.2) is 23.1 Å². The number of nitrogens with one attached hydrogen (secondary N) is 1. The molecule has 1 aliphatic rings. The van der Waals surface area contributed by atoms with Crippen molar-refractivity contribution in [1.82, 2.24) is 4.72 Å². The Labute approximate surface area is 124 Å². The fourth-order valence-electron chi connectivity index (χ4n) is 2.22. The lowest BCUT2D eigenvalue weighted by Crippen LogP contribution is -2.48. The van der Waals surface area contributed by atoms with Crippen molar-refractivity contribution < 1.29 is 17.9 Å². The fraction of sp³-hybridized carbons (Fsp3) is 0.538. The maximum atomic E-state index is 12.4. The minimum atomic E-state index is -3.65. The first-order valence-corrected chi connectivity index (χ1v) is 8.19. The molecule has 7 heteroatoms. The number of halogens is 1. The van der Waals surface area contributed by atoms with Gasteiger partial charge in [-0.1, -0.05) is 11.6 Å². The summed E-state index contributed by atoms with van der Waals surface area (Å²) in [6.45, 7) is 0.555. The lowest BCUT2D eigenvalue weighted by molar-refractivity contribution is 0.0886. The molecule has 0 saturated heterocycles. The van der Waals surface area contributed by atoms with Crippen LogP contribution in [0.25, 0.3) is 0 Å². The molecule has 1 saturated carbocycles. The molecule has 0 aliphatic heterocycles. The third kappa shape index (κ3) is 3.25. The Morgan fingerprint density at radius 3 is 2.65 bits per heavy atom. The van der Waals surface area contributed by atoms with Gasteiger partial charge in [0.15, 0.2) is 0 Å². The zero-order valence-corrected chi connectivity index (χ0v) is 13.0. The number of hydrogen-bond acceptors (Lipinski definition) is 4. The van der Waals surface area contributed by atoms with Crippen LogP contribution in [0.4, 0.5) is 0 Å². The van der Waals surface area contributed by atoms with Crippen LogP contribution in [-0.2, 0) is 14.8 Å². The van der Waals surface area contributed by atoms with Gasteiger partial charge in [-0.25, -0.2) is 13.1 Å². The Hall–Kier alpha value is -0.820. The molecule has 2 atom stereocenters. The van der Waals surface area contributed by atoms with Crippen LogP contribution in [0.2, 0.25) is 5.02 Å². The molecule has 0 spiro atoms. The highest BCUT2D eigenvalue weighted by molar-refractivity contribution is 7.89. The highest BCUT2D eigenvalue weighted by atomic mass is 35.5. The topological polar surface area (TPSA) is 64.6 Å². The van der Waals surface area contributed by atoms with Gasteiger partial charge in [-0.05, 0) is 30.9 Å². The Bertz CT molecular complexity index is 576. The van der Waals surface area contributed by atoms with Gasteiger partial charge in [-0.2, -0.15) is 0 Å². The molecule has 112 valence electrons. The molecular formula is C13H18ClNO4S. The Morgan fingerprint density at radius 1 is 1.35 bits per heavy atom. The Morgan fingerprint density at radius 2 is 2.10 bits per heavy atom. The van der Waals surface area contributed by atoms with Crippen LogP contribution in [-0.4, -0.2) is 35.3 Å². The molecule has 1 N–H and O–H groups in total. The van der Waals surface area contributed by atoms with Gasteiger partial charge < -0.3 is 9.47 Å². The average molecular weight is 320 g/mol. The summed E-state index contributed by atoms with van der Waals surface area (Å²) in [5, 5.41) is 0.181. The van der Waals surface area contributed by atoms with Gasteiger partial charge in [0.2, 0.25) is 10.0 Å². The molecule has 1 aromatic carbocycles. The van der Waals surface area contributed by atoms with Crippen LogP contribution in [0.5, 0.6) is 5.75 Å². The van der Waals surface area contributed by atoms with Gasteiger partial charge in [0.1, 0.15) is 10.6 Å². The smallest absolute Gasteiger partial charge is 0.242 e. The predicted molar refractivity (Wildman–Crippen MR) is 76.7 cm³/mol. The second-order valence-electron chi connectivity index (χ2n) is 4.82. The number of sulfonamides is 1. The second kappa shape index (κ2) is 6.30. The van der Waals surface area contributed by atoms with E-state index < -0.39 is 10.0 Å². The summed E-state index contributed by atoms with van der Waals surface area (Å²) in [7, 11) is -0.559. The quantitative estimate of drug-likeness (QED) is 0.871. The monoisotopic (exact) mass is 319 g/mol. The summed E-state index contributed by atoms with van der Waals surface area (Å²) < 4.78 is 37.6. The molecule has 5 nitrogen and oxygen atoms in total. The van der Waals surface area contributed by atoms with E-state index in [1.54, 1.807) is 13.2 Å². The van der Waals surface area contributed by atoms with E-state index in [2.05, 4.69) is 4.72 Å². The van der Waals surface area contributed by atoms with E-state index in [4.69, 9.17) is 21.1 Å². The first-order chi connectivity index (χ1) is 9.47. The zero-order valence-electron chi connectivity index (χ0n) is 11.4. The van der Waals surface area contributed by atoms with Gasteiger partial charge >= 0.3 is 0 Å². The van der Waals surface area contributed by atoms with E-state index in [1.165, 1.54) is 19.2 Å². The first kappa shape index (κ1) is 15.6. The lowest BCUT2D eigenvalue weighted by Gasteiger charge is -2.36. The third-order valence-electron chi connectivity index (χ3n) is 3.53. The van der Waals surface area contributed by atoms with E-state index in [9.17, 15) is 8.42 Å². The van der Waals surface area contributed by atoms with Crippen molar-refractivity contribution in [2.75, 3.05) is 20.8 Å². The average Bonchev–Trinajstić information content (AvgIpc) is 2.41. The summed E-state index contributed by atoms with van der Waals surface area (Å²) in [6, 6.07) is 4.47. The number of benzene rings is 1. The molecule has 20 heavy (non-hydrogen) atoms. The maximum Gasteiger partial charge on any atom is 0.242 e. The third-order valence-corrected chi connectivity index (χ3v) is 5.50. The number of ether oxygens (including phenoxy) is 2. The van der Waals surface area contributed by atoms with E-state index in [-0.39, 0.29) is 21.9 Å². The Balaban J connectivity index is 2.18. The Kier molecular flexibility index (Phi) is 4.90. The predicted octanol–water partition coefficient (Wildman–Crippen LogP) is 2.05. The molecular weight excluding hydrogens is 302 g/mol. The van der Waals surface area contributed by atoms with Crippen LogP contribution in [0.1, 0.15) is 12.8 Å². The van der Waals surface area contributed by atoms with Crippen LogP contribution < -0.4 is 9.46 Å². The molecule has 0 radical (unpaired) electrons. The van der Waals surface area contributed by atoms with Crippen LogP contribution in [0, 0.1) is 5.92 Å². The number of hydrogen-bond donors (Lipinski definition) is 1. The highest BCUT2D eigenvalue weighted by Gasteiger charge is 2.35. The second-order valence-corrected chi connectivity index (χ2v) is 6.91. The van der Waals surface area contributed by atoms with E-state index >= 15 is 0 Å². The van der Waals surface area contributed by atoms with Gasteiger partial charge in [0.25, 0.3) is 0 Å². The van der Waals surface area contributed by atoms with Crippen molar-refractivity contribution >= 4 is 21.6 Å². The molecule has 0 aromatic heterocycles. The molecule has 2 rings (SSSR count). The largest absolute Gasteiger partial charge is 0.497 e. The standard InChI is InChI=1S/C13H18ClNO4S/c1-18-8-9-3-6-12(9)15-20(16,17)13-7-10(19-2)4-5-11(13)14/h4-5,7,9,12,15H,3,6,8H2,1-2H3/t9-,12-/m1/s1. The van der Waals surface area contributed by atoms with Crippen LogP contribution >= 0.6 is 11.6 Å². The summed E-state index contributed by atoms with van der Waals surface area (Å²) >= 11 is 5.98. The molecule has 0 heterocycles. The zero-order chi connectivity index (χ0) is 14.8. The van der Waals surface area contributed by atoms with Crippen molar-refractivity contribution in [1.29, 1.82) is 0 Å². The van der Waals surface area contributed by atoms with Gasteiger partial charge in [0, 0.05) is 19.2 Å². The first-order valence-electron chi connectivity index (χ1n) is 6.32. The van der Waals surface area contributed by atoms with Gasteiger partial charge in [-0.3, -0.25) is 0 Å². The fourth-order valence-corrected chi connectivity index (χ4v) is 4.07. The lowest BCUT2D eigenvalue weighted by atomic mass is 9.81. The normalized spacial score (nSPS) is 22.4. The number of methoxy groups -OCH3 is 2. The molecule has 0 unspecified atom stereocenters. The molecule has 1 aromatic rings. The van der Waals surface area contributed by atoms with E-state index in [0.29, 0.717) is 12.4 Å². The molecule has 1 fully saturated rings. The summed E-state index contributed by atoms with van der Waals surface area (Å²) in [5.74, 6) is 0.677. The summed E-state index contributed by atoms with van der Waals surface area (Å²) in [4.78, 5) is 0.0431. The SMILES string of the molecule is COC[C@H]1CC[C@H]1NS(=O)(=O)c1cc(OC)ccc1Cl. The molecule has 0 amide bonds. The minimum absolute atomic E-state index is 0.0431. The van der Waals surface area contributed by atoms with Gasteiger partial charge in [0.05, 0.1) is 18.7 Å².